The first-order valence-corrected chi connectivity index (χ1v) is 5.34. The van der Waals surface area contributed by atoms with Gasteiger partial charge in [0.15, 0.2) is 0 Å². The number of hydrogen-bond donors (Lipinski definition) is 1. The molecule has 0 radical (unpaired) electrons. The highest BCUT2D eigenvalue weighted by Gasteiger charge is 2.31. The van der Waals surface area contributed by atoms with Gasteiger partial charge in [-0.15, -0.1) is 0 Å². The largest absolute Gasteiger partial charge is 0.393 e. The molecule has 74 valence electrons. The predicted molar refractivity (Wildman–Crippen MR) is 54.2 cm³/mol. The molecule has 1 N–H and O–H groups in total. The topological polar surface area (TPSA) is 20.2 Å². The molecule has 0 aliphatic rings. The van der Waals surface area contributed by atoms with Crippen LogP contribution in [-0.4, -0.2) is 11.2 Å². The first-order chi connectivity index (χ1) is 5.66. The van der Waals surface area contributed by atoms with Crippen molar-refractivity contribution in [1.82, 2.24) is 0 Å². The quantitative estimate of drug-likeness (QED) is 0.651. The summed E-state index contributed by atoms with van der Waals surface area (Å²) in [4.78, 5) is 0. The van der Waals surface area contributed by atoms with Gasteiger partial charge in [-0.25, -0.2) is 0 Å². The van der Waals surface area contributed by atoms with Gasteiger partial charge < -0.3 is 5.11 Å². The fourth-order valence-corrected chi connectivity index (χ4v) is 2.04. The highest BCUT2D eigenvalue weighted by Crippen LogP contribution is 2.36. The molecule has 0 saturated carbocycles. The second kappa shape index (κ2) is 5.58. The van der Waals surface area contributed by atoms with Crippen LogP contribution in [0.4, 0.5) is 0 Å². The lowest BCUT2D eigenvalue weighted by molar-refractivity contribution is 0.00779. The fraction of sp³-hybridized carbons (Fsp3) is 1.00. The lowest BCUT2D eigenvalue weighted by Gasteiger charge is -2.35. The molecule has 0 aromatic heterocycles. The molecule has 0 heterocycles. The van der Waals surface area contributed by atoms with Crippen LogP contribution in [0.15, 0.2) is 0 Å². The van der Waals surface area contributed by atoms with E-state index in [2.05, 4.69) is 27.7 Å². The zero-order chi connectivity index (χ0) is 9.61. The molecular weight excluding hydrogens is 148 g/mol. The van der Waals surface area contributed by atoms with Gasteiger partial charge in [-0.2, -0.15) is 0 Å². The highest BCUT2D eigenvalue weighted by molar-refractivity contribution is 4.82. The van der Waals surface area contributed by atoms with Gasteiger partial charge in [0, 0.05) is 0 Å². The summed E-state index contributed by atoms with van der Waals surface area (Å²) in [5, 5.41) is 9.96. The van der Waals surface area contributed by atoms with Crippen molar-refractivity contribution in [3.63, 3.8) is 0 Å². The second-order valence-corrected chi connectivity index (χ2v) is 3.73. The smallest absolute Gasteiger partial charge is 0.0596 e. The summed E-state index contributed by atoms with van der Waals surface area (Å²) < 4.78 is 0. The predicted octanol–water partition coefficient (Wildman–Crippen LogP) is 3.36. The summed E-state index contributed by atoms with van der Waals surface area (Å²) in [7, 11) is 0. The Balaban J connectivity index is 4.24. The summed E-state index contributed by atoms with van der Waals surface area (Å²) >= 11 is 0. The minimum atomic E-state index is -0.0949. The molecule has 0 spiro atoms. The molecule has 0 amide bonds. The summed E-state index contributed by atoms with van der Waals surface area (Å²) in [6.45, 7) is 8.69. The van der Waals surface area contributed by atoms with E-state index in [0.717, 1.165) is 32.1 Å². The molecule has 1 atom stereocenters. The Hall–Kier alpha value is -0.0400. The Kier molecular flexibility index (Phi) is 5.56. The molecule has 12 heavy (non-hydrogen) atoms. The molecule has 1 heteroatoms. The zero-order valence-electron chi connectivity index (χ0n) is 9.06. The average molecular weight is 172 g/mol. The molecular formula is C11H24O. The lowest BCUT2D eigenvalue weighted by Crippen LogP contribution is -2.33. The number of hydrogen-bond acceptors (Lipinski definition) is 1. The van der Waals surface area contributed by atoms with Crippen LogP contribution in [0.2, 0.25) is 0 Å². The van der Waals surface area contributed by atoms with Crippen molar-refractivity contribution in [2.24, 2.45) is 5.41 Å². The zero-order valence-corrected chi connectivity index (χ0v) is 9.06. The Labute approximate surface area is 77.2 Å². The van der Waals surface area contributed by atoms with Crippen LogP contribution in [0, 0.1) is 5.41 Å². The third-order valence-electron chi connectivity index (χ3n) is 3.38. The number of aliphatic hydroxyl groups is 1. The van der Waals surface area contributed by atoms with Gasteiger partial charge >= 0.3 is 0 Å². The first kappa shape index (κ1) is 12.0. The van der Waals surface area contributed by atoms with E-state index in [-0.39, 0.29) is 11.5 Å². The van der Waals surface area contributed by atoms with Crippen LogP contribution in [0.25, 0.3) is 0 Å². The first-order valence-electron chi connectivity index (χ1n) is 5.34. The summed E-state index contributed by atoms with van der Waals surface area (Å²) in [5.41, 5.74) is 0.190. The van der Waals surface area contributed by atoms with E-state index in [1.807, 2.05) is 0 Å². The minimum Gasteiger partial charge on any atom is -0.393 e. The van der Waals surface area contributed by atoms with E-state index in [0.29, 0.717) is 0 Å². The van der Waals surface area contributed by atoms with E-state index in [1.54, 1.807) is 0 Å². The van der Waals surface area contributed by atoms with Gasteiger partial charge in [-0.1, -0.05) is 34.1 Å². The second-order valence-electron chi connectivity index (χ2n) is 3.73. The minimum absolute atomic E-state index is 0.0949. The van der Waals surface area contributed by atoms with E-state index in [4.69, 9.17) is 0 Å². The van der Waals surface area contributed by atoms with Crippen molar-refractivity contribution in [3.05, 3.63) is 0 Å². The van der Waals surface area contributed by atoms with Crippen LogP contribution < -0.4 is 0 Å². The molecule has 0 aliphatic heterocycles. The van der Waals surface area contributed by atoms with Gasteiger partial charge in [-0.05, 0) is 31.1 Å². The molecule has 1 unspecified atom stereocenters. The highest BCUT2D eigenvalue weighted by atomic mass is 16.3. The molecule has 0 aromatic rings. The number of aliphatic hydroxyl groups excluding tert-OH is 1. The van der Waals surface area contributed by atoms with Crippen molar-refractivity contribution < 1.29 is 5.11 Å². The Morgan fingerprint density at radius 2 is 1.42 bits per heavy atom. The monoisotopic (exact) mass is 172 g/mol. The number of rotatable bonds is 6. The van der Waals surface area contributed by atoms with E-state index in [9.17, 15) is 5.11 Å². The third kappa shape index (κ3) is 2.48. The molecule has 0 fully saturated rings. The van der Waals surface area contributed by atoms with Gasteiger partial charge in [0.05, 0.1) is 6.10 Å². The van der Waals surface area contributed by atoms with Crippen molar-refractivity contribution in [2.45, 2.75) is 65.9 Å². The van der Waals surface area contributed by atoms with Crippen LogP contribution >= 0.6 is 0 Å². The van der Waals surface area contributed by atoms with Crippen molar-refractivity contribution in [3.8, 4) is 0 Å². The molecule has 0 bridgehead atoms. The van der Waals surface area contributed by atoms with Crippen molar-refractivity contribution in [1.29, 1.82) is 0 Å². The Morgan fingerprint density at radius 3 is 1.67 bits per heavy atom. The summed E-state index contributed by atoms with van der Waals surface area (Å²) in [6.07, 6.45) is 5.24. The van der Waals surface area contributed by atoms with Crippen LogP contribution in [0.3, 0.4) is 0 Å². The maximum Gasteiger partial charge on any atom is 0.0596 e. The molecule has 1 nitrogen and oxygen atoms in total. The van der Waals surface area contributed by atoms with Crippen LogP contribution in [0.1, 0.15) is 59.8 Å². The van der Waals surface area contributed by atoms with Crippen molar-refractivity contribution >= 4 is 0 Å². The average Bonchev–Trinajstić information content (AvgIpc) is 2.09. The summed E-state index contributed by atoms with van der Waals surface area (Å²) in [6, 6.07) is 0. The van der Waals surface area contributed by atoms with E-state index >= 15 is 0 Å². The van der Waals surface area contributed by atoms with Gasteiger partial charge in [0.1, 0.15) is 0 Å². The van der Waals surface area contributed by atoms with Gasteiger partial charge in [0.25, 0.3) is 0 Å². The van der Waals surface area contributed by atoms with Crippen LogP contribution in [0.5, 0.6) is 0 Å². The molecule has 0 saturated heterocycles. The van der Waals surface area contributed by atoms with Gasteiger partial charge in [0.2, 0.25) is 0 Å². The van der Waals surface area contributed by atoms with E-state index < -0.39 is 0 Å². The third-order valence-corrected chi connectivity index (χ3v) is 3.38. The lowest BCUT2D eigenvalue weighted by atomic mass is 9.73. The molecule has 0 aromatic carbocycles. The standard InChI is InChI=1S/C11H24O/c1-5-9-10(12)11(6-2,7-3)8-4/h10,12H,5-9H2,1-4H3. The van der Waals surface area contributed by atoms with Crippen molar-refractivity contribution in [2.75, 3.05) is 0 Å². The fourth-order valence-electron chi connectivity index (χ4n) is 2.04. The summed E-state index contributed by atoms with van der Waals surface area (Å²) in [5.74, 6) is 0. The van der Waals surface area contributed by atoms with E-state index in [1.165, 1.54) is 0 Å². The Bertz CT molecular complexity index is 97.3. The normalized spacial score (nSPS) is 14.8. The van der Waals surface area contributed by atoms with Crippen LogP contribution in [-0.2, 0) is 0 Å². The maximum atomic E-state index is 9.96. The van der Waals surface area contributed by atoms with Gasteiger partial charge in [-0.3, -0.25) is 0 Å². The Morgan fingerprint density at radius 1 is 1.00 bits per heavy atom. The maximum absolute atomic E-state index is 9.96. The SMILES string of the molecule is CCCC(O)C(CC)(CC)CC. The molecule has 0 rings (SSSR count). The molecule has 0 aliphatic carbocycles.